The van der Waals surface area contributed by atoms with Crippen LogP contribution in [0.25, 0.3) is 0 Å². The van der Waals surface area contributed by atoms with Crippen molar-refractivity contribution in [2.75, 3.05) is 32.1 Å². The van der Waals surface area contributed by atoms with Gasteiger partial charge in [-0.15, -0.1) is 11.3 Å². The van der Waals surface area contributed by atoms with E-state index in [1.165, 1.54) is 5.56 Å². The summed E-state index contributed by atoms with van der Waals surface area (Å²) in [5.41, 5.74) is 2.37. The predicted molar refractivity (Wildman–Crippen MR) is 95.5 cm³/mol. The first kappa shape index (κ1) is 16.0. The van der Waals surface area contributed by atoms with E-state index < -0.39 is 0 Å². The normalized spacial score (nSPS) is 18.0. The Hall–Kier alpha value is -1.88. The highest BCUT2D eigenvalue weighted by Gasteiger charge is 2.27. The van der Waals surface area contributed by atoms with E-state index >= 15 is 0 Å². The summed E-state index contributed by atoms with van der Waals surface area (Å²) in [7, 11) is 4.00. The van der Waals surface area contributed by atoms with E-state index in [1.807, 2.05) is 48.5 Å². The Morgan fingerprint density at radius 2 is 2.22 bits per heavy atom. The molecule has 23 heavy (non-hydrogen) atoms. The van der Waals surface area contributed by atoms with Crippen molar-refractivity contribution in [2.45, 2.75) is 25.7 Å². The molecule has 0 spiro atoms. The van der Waals surface area contributed by atoms with Gasteiger partial charge in [0.15, 0.2) is 0 Å². The van der Waals surface area contributed by atoms with Crippen LogP contribution in [0.3, 0.4) is 0 Å². The van der Waals surface area contributed by atoms with E-state index in [1.54, 1.807) is 11.3 Å². The van der Waals surface area contributed by atoms with Crippen molar-refractivity contribution in [2.24, 2.45) is 0 Å². The Balaban J connectivity index is 1.77. The molecule has 2 aromatic heterocycles. The van der Waals surface area contributed by atoms with Gasteiger partial charge in [-0.05, 0) is 54.5 Å². The highest BCUT2D eigenvalue weighted by atomic mass is 32.1. The van der Waals surface area contributed by atoms with E-state index in [-0.39, 0.29) is 5.91 Å². The summed E-state index contributed by atoms with van der Waals surface area (Å²) >= 11 is 1.55. The van der Waals surface area contributed by atoms with Crippen LogP contribution in [0, 0.1) is 6.92 Å². The van der Waals surface area contributed by atoms with Gasteiger partial charge < -0.3 is 9.80 Å². The number of aromatic nitrogens is 1. The number of piperidine rings is 1. The fraction of sp³-hybridized carbons (Fsp3) is 0.444. The number of rotatable bonds is 3. The Kier molecular flexibility index (Phi) is 4.66. The van der Waals surface area contributed by atoms with E-state index in [2.05, 4.69) is 17.1 Å². The van der Waals surface area contributed by atoms with Gasteiger partial charge in [-0.1, -0.05) is 0 Å². The molecule has 1 amide bonds. The molecule has 3 rings (SSSR count). The first-order valence-corrected chi connectivity index (χ1v) is 8.91. The highest BCUT2D eigenvalue weighted by molar-refractivity contribution is 7.12. The molecule has 1 fully saturated rings. The molecule has 0 aromatic carbocycles. The topological polar surface area (TPSA) is 36.4 Å². The lowest BCUT2D eigenvalue weighted by atomic mass is 9.91. The minimum absolute atomic E-state index is 0.184. The molecule has 2 aromatic rings. The maximum absolute atomic E-state index is 12.7. The maximum atomic E-state index is 12.7. The number of carbonyl (C=O) groups excluding carboxylic acids is 1. The summed E-state index contributed by atoms with van der Waals surface area (Å²) in [6.45, 7) is 3.67. The lowest BCUT2D eigenvalue weighted by Crippen LogP contribution is -2.39. The van der Waals surface area contributed by atoms with Crippen molar-refractivity contribution in [3.05, 3.63) is 45.8 Å². The molecule has 5 heteroatoms. The Morgan fingerprint density at radius 3 is 2.91 bits per heavy atom. The molecule has 1 unspecified atom stereocenters. The minimum atomic E-state index is 0.184. The third-order valence-electron chi connectivity index (χ3n) is 4.46. The van der Waals surface area contributed by atoms with Gasteiger partial charge in [-0.3, -0.25) is 4.79 Å². The quantitative estimate of drug-likeness (QED) is 0.864. The molecule has 0 aliphatic carbocycles. The van der Waals surface area contributed by atoms with Crippen LogP contribution < -0.4 is 4.90 Å². The van der Waals surface area contributed by atoms with Crippen molar-refractivity contribution in [1.29, 1.82) is 0 Å². The third-order valence-corrected chi connectivity index (χ3v) is 5.47. The van der Waals surface area contributed by atoms with E-state index in [0.29, 0.717) is 5.92 Å². The van der Waals surface area contributed by atoms with Crippen LogP contribution in [-0.4, -0.2) is 43.0 Å². The van der Waals surface area contributed by atoms with Crippen LogP contribution in [0.1, 0.15) is 39.6 Å². The molecule has 4 nitrogen and oxygen atoms in total. The van der Waals surface area contributed by atoms with Gasteiger partial charge >= 0.3 is 0 Å². The minimum Gasteiger partial charge on any atom is -0.363 e. The summed E-state index contributed by atoms with van der Waals surface area (Å²) in [6, 6.07) is 6.25. The summed E-state index contributed by atoms with van der Waals surface area (Å²) in [5, 5.41) is 2.00. The van der Waals surface area contributed by atoms with Crippen LogP contribution in [0.5, 0.6) is 0 Å². The van der Waals surface area contributed by atoms with Crippen molar-refractivity contribution in [3.63, 3.8) is 0 Å². The molecule has 122 valence electrons. The number of aryl methyl sites for hydroxylation is 1. The van der Waals surface area contributed by atoms with E-state index in [9.17, 15) is 4.79 Å². The molecule has 0 radical (unpaired) electrons. The van der Waals surface area contributed by atoms with Gasteiger partial charge in [0.05, 0.1) is 4.88 Å². The summed E-state index contributed by atoms with van der Waals surface area (Å²) in [6.07, 6.45) is 4.05. The standard InChI is InChI=1S/C18H23N3OS/c1-13-7-10-23-17(13)18(22)21-9-4-5-15(12-21)14-6-8-19-16(11-14)20(2)3/h6-8,10-11,15H,4-5,9,12H2,1-3H3. The zero-order valence-electron chi connectivity index (χ0n) is 14.0. The highest BCUT2D eigenvalue weighted by Crippen LogP contribution is 2.30. The predicted octanol–water partition coefficient (Wildman–Crippen LogP) is 3.54. The fourth-order valence-corrected chi connectivity index (χ4v) is 3.99. The number of pyridine rings is 1. The van der Waals surface area contributed by atoms with Crippen LogP contribution >= 0.6 is 11.3 Å². The Bertz CT molecular complexity index is 695. The number of likely N-dealkylation sites (tertiary alicyclic amines) is 1. The first-order valence-electron chi connectivity index (χ1n) is 8.03. The number of hydrogen-bond donors (Lipinski definition) is 0. The van der Waals surface area contributed by atoms with Crippen molar-refractivity contribution in [1.82, 2.24) is 9.88 Å². The summed E-state index contributed by atoms with van der Waals surface area (Å²) in [5.74, 6) is 1.55. The number of carbonyl (C=O) groups is 1. The van der Waals surface area contributed by atoms with Crippen LogP contribution in [0.15, 0.2) is 29.8 Å². The van der Waals surface area contributed by atoms with Gasteiger partial charge in [0.1, 0.15) is 5.82 Å². The molecule has 0 N–H and O–H groups in total. The van der Waals surface area contributed by atoms with Gasteiger partial charge in [-0.2, -0.15) is 0 Å². The average Bonchev–Trinajstić information content (AvgIpc) is 3.00. The van der Waals surface area contributed by atoms with Crippen molar-refractivity contribution in [3.8, 4) is 0 Å². The first-order chi connectivity index (χ1) is 11.1. The molecule has 3 heterocycles. The molecule has 1 atom stereocenters. The molecule has 0 bridgehead atoms. The van der Waals surface area contributed by atoms with Gasteiger partial charge in [0.25, 0.3) is 5.91 Å². The van der Waals surface area contributed by atoms with Crippen LogP contribution in [-0.2, 0) is 0 Å². The lowest BCUT2D eigenvalue weighted by molar-refractivity contribution is 0.0711. The average molecular weight is 329 g/mol. The number of thiophene rings is 1. The van der Waals surface area contributed by atoms with Gasteiger partial charge in [0.2, 0.25) is 0 Å². The number of hydrogen-bond acceptors (Lipinski definition) is 4. The third kappa shape index (κ3) is 3.39. The van der Waals surface area contributed by atoms with Crippen molar-refractivity contribution >= 4 is 23.1 Å². The fourth-order valence-electron chi connectivity index (χ4n) is 3.10. The zero-order valence-corrected chi connectivity index (χ0v) is 14.8. The van der Waals surface area contributed by atoms with Gasteiger partial charge in [-0.25, -0.2) is 4.98 Å². The molecular formula is C18H23N3OS. The number of anilines is 1. The smallest absolute Gasteiger partial charge is 0.264 e. The second-order valence-electron chi connectivity index (χ2n) is 6.36. The largest absolute Gasteiger partial charge is 0.363 e. The number of nitrogens with zero attached hydrogens (tertiary/aromatic N) is 3. The molecule has 0 saturated carbocycles. The zero-order chi connectivity index (χ0) is 16.4. The Labute approximate surface area is 141 Å². The van der Waals surface area contributed by atoms with Crippen molar-refractivity contribution < 1.29 is 4.79 Å². The summed E-state index contributed by atoms with van der Waals surface area (Å²) < 4.78 is 0. The van der Waals surface area contributed by atoms with Crippen LogP contribution in [0.2, 0.25) is 0 Å². The molecular weight excluding hydrogens is 306 g/mol. The lowest BCUT2D eigenvalue weighted by Gasteiger charge is -2.33. The SMILES string of the molecule is Cc1ccsc1C(=O)N1CCCC(c2ccnc(N(C)C)c2)C1. The second-order valence-corrected chi connectivity index (χ2v) is 7.28. The van der Waals surface area contributed by atoms with Crippen LogP contribution in [0.4, 0.5) is 5.82 Å². The Morgan fingerprint density at radius 1 is 1.39 bits per heavy atom. The molecule has 1 aliphatic rings. The summed E-state index contributed by atoms with van der Waals surface area (Å²) in [4.78, 5) is 22.1. The van der Waals surface area contributed by atoms with E-state index in [0.717, 1.165) is 42.2 Å². The maximum Gasteiger partial charge on any atom is 0.264 e. The molecule has 1 saturated heterocycles. The van der Waals surface area contributed by atoms with Gasteiger partial charge in [0, 0.05) is 39.3 Å². The number of amides is 1. The van der Waals surface area contributed by atoms with E-state index in [4.69, 9.17) is 0 Å². The molecule has 1 aliphatic heterocycles. The second kappa shape index (κ2) is 6.71. The monoisotopic (exact) mass is 329 g/mol.